The van der Waals surface area contributed by atoms with Gasteiger partial charge in [-0.2, -0.15) is 4.98 Å². The summed E-state index contributed by atoms with van der Waals surface area (Å²) in [5.74, 6) is 1.58. The van der Waals surface area contributed by atoms with E-state index in [0.717, 1.165) is 37.4 Å². The Morgan fingerprint density at radius 2 is 2.05 bits per heavy atom. The average molecular weight is 355 g/mol. The SMILES string of the molecule is CCCNc1nc(C)cc(NCCc2ccc(Br)s2)n1. The van der Waals surface area contributed by atoms with E-state index in [1.165, 1.54) is 8.66 Å². The first kappa shape index (κ1) is 15.3. The Balaban J connectivity index is 1.89. The number of hydrogen-bond donors (Lipinski definition) is 2. The van der Waals surface area contributed by atoms with E-state index < -0.39 is 0 Å². The van der Waals surface area contributed by atoms with Gasteiger partial charge >= 0.3 is 0 Å². The lowest BCUT2D eigenvalue weighted by Gasteiger charge is -2.09. The predicted octanol–water partition coefficient (Wildman–Crippen LogP) is 4.09. The van der Waals surface area contributed by atoms with Gasteiger partial charge < -0.3 is 10.6 Å². The fraction of sp³-hybridized carbons (Fsp3) is 0.429. The minimum absolute atomic E-state index is 0.702. The molecule has 0 bridgehead atoms. The third kappa shape index (κ3) is 4.76. The molecule has 0 amide bonds. The molecule has 6 heteroatoms. The Morgan fingerprint density at radius 3 is 2.75 bits per heavy atom. The van der Waals surface area contributed by atoms with Gasteiger partial charge in [-0.15, -0.1) is 11.3 Å². The van der Waals surface area contributed by atoms with Gasteiger partial charge in [-0.3, -0.25) is 0 Å². The maximum absolute atomic E-state index is 4.47. The third-order valence-corrected chi connectivity index (χ3v) is 4.38. The molecule has 0 saturated heterocycles. The van der Waals surface area contributed by atoms with E-state index >= 15 is 0 Å². The monoisotopic (exact) mass is 354 g/mol. The lowest BCUT2D eigenvalue weighted by molar-refractivity contribution is 0.941. The van der Waals surface area contributed by atoms with Gasteiger partial charge in [0.05, 0.1) is 3.79 Å². The molecule has 2 aromatic heterocycles. The van der Waals surface area contributed by atoms with Crippen molar-refractivity contribution in [3.05, 3.63) is 32.6 Å². The Kier molecular flexibility index (Phi) is 5.79. The second kappa shape index (κ2) is 7.59. The van der Waals surface area contributed by atoms with Crippen molar-refractivity contribution in [2.45, 2.75) is 26.7 Å². The fourth-order valence-electron chi connectivity index (χ4n) is 1.77. The summed E-state index contributed by atoms with van der Waals surface area (Å²) >= 11 is 5.25. The summed E-state index contributed by atoms with van der Waals surface area (Å²) in [6.45, 7) is 5.88. The molecule has 0 radical (unpaired) electrons. The molecule has 0 unspecified atom stereocenters. The van der Waals surface area contributed by atoms with Gasteiger partial charge in [-0.1, -0.05) is 6.92 Å². The Labute approximate surface area is 132 Å². The molecule has 4 nitrogen and oxygen atoms in total. The number of hydrogen-bond acceptors (Lipinski definition) is 5. The molecule has 2 rings (SSSR count). The first-order valence-electron chi connectivity index (χ1n) is 6.75. The molecule has 0 aliphatic heterocycles. The Bertz CT molecular complexity index is 556. The molecule has 2 N–H and O–H groups in total. The molecule has 0 aliphatic carbocycles. The van der Waals surface area contributed by atoms with Gasteiger partial charge in [0.25, 0.3) is 0 Å². The molecular weight excluding hydrogens is 336 g/mol. The number of nitrogens with one attached hydrogen (secondary N) is 2. The van der Waals surface area contributed by atoms with E-state index in [2.05, 4.69) is 55.6 Å². The summed E-state index contributed by atoms with van der Waals surface area (Å²) in [7, 11) is 0. The first-order chi connectivity index (χ1) is 9.67. The highest BCUT2D eigenvalue weighted by Crippen LogP contribution is 2.22. The van der Waals surface area contributed by atoms with Crippen LogP contribution >= 0.6 is 27.3 Å². The highest BCUT2D eigenvalue weighted by atomic mass is 79.9. The Morgan fingerprint density at radius 1 is 1.20 bits per heavy atom. The van der Waals surface area contributed by atoms with Crippen LogP contribution in [-0.2, 0) is 6.42 Å². The minimum atomic E-state index is 0.702. The normalized spacial score (nSPS) is 10.6. The number of aromatic nitrogens is 2. The molecule has 0 aromatic carbocycles. The second-order valence-electron chi connectivity index (χ2n) is 4.53. The number of halogens is 1. The molecule has 0 saturated carbocycles. The van der Waals surface area contributed by atoms with Gasteiger partial charge in [0.2, 0.25) is 5.95 Å². The van der Waals surface area contributed by atoms with E-state index in [4.69, 9.17) is 0 Å². The van der Waals surface area contributed by atoms with Crippen molar-refractivity contribution in [2.24, 2.45) is 0 Å². The fourth-order valence-corrected chi connectivity index (χ4v) is 3.26. The van der Waals surface area contributed by atoms with E-state index in [-0.39, 0.29) is 0 Å². The number of anilines is 2. The first-order valence-corrected chi connectivity index (χ1v) is 8.36. The quantitative estimate of drug-likeness (QED) is 0.786. The Hall–Kier alpha value is -1.14. The molecule has 2 aromatic rings. The van der Waals surface area contributed by atoms with Gasteiger partial charge in [-0.05, 0) is 47.8 Å². The van der Waals surface area contributed by atoms with Gasteiger partial charge in [0.15, 0.2) is 0 Å². The average Bonchev–Trinajstić information content (AvgIpc) is 2.81. The van der Waals surface area contributed by atoms with Crippen LogP contribution in [0.25, 0.3) is 0 Å². The van der Waals surface area contributed by atoms with Crippen LogP contribution in [0.4, 0.5) is 11.8 Å². The summed E-state index contributed by atoms with van der Waals surface area (Å²) in [6, 6.07) is 6.21. The van der Waals surface area contributed by atoms with Crippen LogP contribution in [0.2, 0.25) is 0 Å². The summed E-state index contributed by atoms with van der Waals surface area (Å²) < 4.78 is 1.18. The van der Waals surface area contributed by atoms with E-state index in [9.17, 15) is 0 Å². The molecule has 0 spiro atoms. The number of thiophene rings is 1. The van der Waals surface area contributed by atoms with Crippen molar-refractivity contribution in [1.82, 2.24) is 9.97 Å². The molecule has 0 aliphatic rings. The second-order valence-corrected chi connectivity index (χ2v) is 7.08. The summed E-state index contributed by atoms with van der Waals surface area (Å²) in [5, 5.41) is 6.58. The molecule has 20 heavy (non-hydrogen) atoms. The highest BCUT2D eigenvalue weighted by Gasteiger charge is 2.02. The molecular formula is C14H19BrN4S. The van der Waals surface area contributed by atoms with Crippen molar-refractivity contribution >= 4 is 39.0 Å². The maximum Gasteiger partial charge on any atom is 0.224 e. The topological polar surface area (TPSA) is 49.8 Å². The molecule has 0 fully saturated rings. The third-order valence-electron chi connectivity index (χ3n) is 2.69. The van der Waals surface area contributed by atoms with Crippen LogP contribution < -0.4 is 10.6 Å². The van der Waals surface area contributed by atoms with Gasteiger partial charge in [0.1, 0.15) is 5.82 Å². The van der Waals surface area contributed by atoms with E-state index in [0.29, 0.717) is 5.95 Å². The van der Waals surface area contributed by atoms with Crippen molar-refractivity contribution in [2.75, 3.05) is 23.7 Å². The molecule has 0 atom stereocenters. The van der Waals surface area contributed by atoms with Crippen LogP contribution in [0.1, 0.15) is 23.9 Å². The molecule has 2 heterocycles. The number of rotatable bonds is 7. The maximum atomic E-state index is 4.47. The van der Waals surface area contributed by atoms with Crippen LogP contribution in [0.15, 0.2) is 22.0 Å². The van der Waals surface area contributed by atoms with Crippen molar-refractivity contribution in [3.63, 3.8) is 0 Å². The van der Waals surface area contributed by atoms with Crippen molar-refractivity contribution in [1.29, 1.82) is 0 Å². The smallest absolute Gasteiger partial charge is 0.224 e. The van der Waals surface area contributed by atoms with Gasteiger partial charge in [-0.25, -0.2) is 4.98 Å². The van der Waals surface area contributed by atoms with E-state index in [1.807, 2.05) is 13.0 Å². The lowest BCUT2D eigenvalue weighted by Crippen LogP contribution is -2.10. The highest BCUT2D eigenvalue weighted by molar-refractivity contribution is 9.11. The summed E-state index contributed by atoms with van der Waals surface area (Å²) in [6.07, 6.45) is 2.06. The number of nitrogens with zero attached hydrogens (tertiary/aromatic N) is 2. The zero-order valence-electron chi connectivity index (χ0n) is 11.7. The van der Waals surface area contributed by atoms with E-state index in [1.54, 1.807) is 11.3 Å². The number of aryl methyl sites for hydroxylation is 1. The van der Waals surface area contributed by atoms with Gasteiger partial charge in [0, 0.05) is 29.7 Å². The predicted molar refractivity (Wildman–Crippen MR) is 89.8 cm³/mol. The molecule has 108 valence electrons. The summed E-state index contributed by atoms with van der Waals surface area (Å²) in [5.41, 5.74) is 0.972. The standard InChI is InChI=1S/C14H19BrN4S/c1-3-7-17-14-18-10(2)9-13(19-14)16-8-6-11-4-5-12(15)20-11/h4-5,9H,3,6-8H2,1-2H3,(H2,16,17,18,19). The zero-order chi connectivity index (χ0) is 14.4. The lowest BCUT2D eigenvalue weighted by atomic mass is 10.3. The summed E-state index contributed by atoms with van der Waals surface area (Å²) in [4.78, 5) is 10.2. The zero-order valence-corrected chi connectivity index (χ0v) is 14.1. The van der Waals surface area contributed by atoms with Crippen LogP contribution in [0, 0.1) is 6.92 Å². The minimum Gasteiger partial charge on any atom is -0.370 e. The van der Waals surface area contributed by atoms with Crippen LogP contribution in [0.5, 0.6) is 0 Å². The van der Waals surface area contributed by atoms with Crippen LogP contribution in [-0.4, -0.2) is 23.1 Å². The largest absolute Gasteiger partial charge is 0.370 e. The van der Waals surface area contributed by atoms with Crippen molar-refractivity contribution in [3.8, 4) is 0 Å². The van der Waals surface area contributed by atoms with Crippen LogP contribution in [0.3, 0.4) is 0 Å². The van der Waals surface area contributed by atoms with Crippen molar-refractivity contribution < 1.29 is 0 Å².